The van der Waals surface area contributed by atoms with Crippen LogP contribution in [-0.4, -0.2) is 34.7 Å². The molecule has 0 spiro atoms. The van der Waals surface area contributed by atoms with Gasteiger partial charge < -0.3 is 15.1 Å². The Bertz CT molecular complexity index is 1040. The zero-order chi connectivity index (χ0) is 20.4. The van der Waals surface area contributed by atoms with Crippen molar-refractivity contribution in [2.24, 2.45) is 0 Å². The Morgan fingerprint density at radius 1 is 1.14 bits per heavy atom. The fourth-order valence-corrected chi connectivity index (χ4v) is 3.56. The molecule has 1 aromatic carbocycles. The molecular formula is C20H18Cl2N4O3. The van der Waals surface area contributed by atoms with Crippen LogP contribution < -0.4 is 10.6 Å². The zero-order valence-corrected chi connectivity index (χ0v) is 16.8. The van der Waals surface area contributed by atoms with Crippen LogP contribution >= 0.6 is 23.2 Å². The molecule has 2 heterocycles. The maximum atomic E-state index is 12.7. The van der Waals surface area contributed by atoms with Crippen LogP contribution in [0.2, 0.25) is 10.0 Å². The summed E-state index contributed by atoms with van der Waals surface area (Å²) in [5.74, 6) is -0.0688. The molecule has 1 aliphatic carbocycles. The monoisotopic (exact) mass is 432 g/mol. The van der Waals surface area contributed by atoms with Crippen molar-refractivity contribution in [2.75, 3.05) is 13.1 Å². The van der Waals surface area contributed by atoms with E-state index >= 15 is 0 Å². The van der Waals surface area contributed by atoms with Gasteiger partial charge in [-0.2, -0.15) is 5.10 Å². The van der Waals surface area contributed by atoms with Crippen molar-refractivity contribution in [2.45, 2.75) is 18.8 Å². The van der Waals surface area contributed by atoms with E-state index < -0.39 is 0 Å². The summed E-state index contributed by atoms with van der Waals surface area (Å²) in [7, 11) is 0. The van der Waals surface area contributed by atoms with Crippen LogP contribution in [0.15, 0.2) is 47.2 Å². The van der Waals surface area contributed by atoms with Crippen molar-refractivity contribution in [3.8, 4) is 5.69 Å². The fourth-order valence-electron chi connectivity index (χ4n) is 3.07. The van der Waals surface area contributed by atoms with Crippen LogP contribution in [-0.2, 0) is 0 Å². The van der Waals surface area contributed by atoms with Gasteiger partial charge in [0.05, 0.1) is 34.4 Å². The molecule has 0 unspecified atom stereocenters. The molecule has 4 rings (SSSR count). The summed E-state index contributed by atoms with van der Waals surface area (Å²) in [4.78, 5) is 24.5. The standard InChI is InChI=1S/C20H18Cl2N4O3/c21-13-5-6-16(15(22)10-13)26-18(12-3-4-12)14(11-25-26)19(27)23-7-8-24-20(28)17-2-1-9-29-17/h1-2,5-6,9-12H,3-4,7-8H2,(H,23,27)(H,24,28). The van der Waals surface area contributed by atoms with Crippen molar-refractivity contribution in [3.63, 3.8) is 0 Å². The van der Waals surface area contributed by atoms with E-state index in [1.807, 2.05) is 0 Å². The molecule has 1 saturated carbocycles. The van der Waals surface area contributed by atoms with E-state index in [1.54, 1.807) is 41.2 Å². The number of furan rings is 1. The predicted octanol–water partition coefficient (Wildman–Crippen LogP) is 3.81. The molecule has 150 valence electrons. The van der Waals surface area contributed by atoms with E-state index in [2.05, 4.69) is 15.7 Å². The first-order valence-electron chi connectivity index (χ1n) is 9.18. The molecule has 0 aliphatic heterocycles. The molecule has 2 aromatic heterocycles. The minimum Gasteiger partial charge on any atom is -0.459 e. The third kappa shape index (κ3) is 4.31. The quantitative estimate of drug-likeness (QED) is 0.555. The molecule has 7 nitrogen and oxygen atoms in total. The van der Waals surface area contributed by atoms with Crippen molar-refractivity contribution in [3.05, 3.63) is 69.9 Å². The minimum absolute atomic E-state index is 0.230. The predicted molar refractivity (Wildman–Crippen MR) is 109 cm³/mol. The highest BCUT2D eigenvalue weighted by Crippen LogP contribution is 2.43. The lowest BCUT2D eigenvalue weighted by atomic mass is 10.1. The molecule has 2 amide bonds. The number of aromatic nitrogens is 2. The lowest BCUT2D eigenvalue weighted by Gasteiger charge is -2.11. The molecule has 1 aliphatic rings. The van der Waals surface area contributed by atoms with E-state index in [0.717, 1.165) is 18.5 Å². The molecule has 2 N–H and O–H groups in total. The SMILES string of the molecule is O=C(NCCNC(=O)c1cnn(-c2ccc(Cl)cc2Cl)c1C1CC1)c1ccco1. The fraction of sp³-hybridized carbons (Fsp3) is 0.250. The van der Waals surface area contributed by atoms with Crippen molar-refractivity contribution in [1.82, 2.24) is 20.4 Å². The Kier molecular flexibility index (Phi) is 5.60. The van der Waals surface area contributed by atoms with Crippen LogP contribution in [0.5, 0.6) is 0 Å². The summed E-state index contributed by atoms with van der Waals surface area (Å²) >= 11 is 12.3. The molecule has 1 fully saturated rings. The molecule has 9 heteroatoms. The maximum absolute atomic E-state index is 12.7. The number of hydrogen-bond donors (Lipinski definition) is 2. The van der Waals surface area contributed by atoms with Gasteiger partial charge in [-0.1, -0.05) is 23.2 Å². The molecule has 3 aromatic rings. The van der Waals surface area contributed by atoms with Gasteiger partial charge in [-0.25, -0.2) is 4.68 Å². The smallest absolute Gasteiger partial charge is 0.287 e. The molecule has 0 bridgehead atoms. The summed E-state index contributed by atoms with van der Waals surface area (Å²) in [5.41, 5.74) is 2.03. The number of halogens is 2. The Morgan fingerprint density at radius 3 is 2.55 bits per heavy atom. The third-order valence-corrected chi connectivity index (χ3v) is 5.13. The highest BCUT2D eigenvalue weighted by molar-refractivity contribution is 6.35. The zero-order valence-electron chi connectivity index (χ0n) is 15.3. The van der Waals surface area contributed by atoms with Gasteiger partial charge >= 0.3 is 0 Å². The van der Waals surface area contributed by atoms with E-state index in [-0.39, 0.29) is 36.6 Å². The normalized spacial score (nSPS) is 13.3. The summed E-state index contributed by atoms with van der Waals surface area (Å²) in [6.07, 6.45) is 4.98. The number of nitrogens with zero attached hydrogens (tertiary/aromatic N) is 2. The Balaban J connectivity index is 1.43. The van der Waals surface area contributed by atoms with Gasteiger partial charge in [0, 0.05) is 24.0 Å². The summed E-state index contributed by atoms with van der Waals surface area (Å²) in [6.45, 7) is 0.559. The molecule has 0 radical (unpaired) electrons. The number of benzene rings is 1. The average Bonchev–Trinajstić information content (AvgIpc) is 3.20. The largest absolute Gasteiger partial charge is 0.459 e. The van der Waals surface area contributed by atoms with Gasteiger partial charge in [-0.15, -0.1) is 0 Å². The van der Waals surface area contributed by atoms with Gasteiger partial charge in [0.1, 0.15) is 0 Å². The number of rotatable bonds is 7. The van der Waals surface area contributed by atoms with Crippen LogP contribution in [0, 0.1) is 0 Å². The average molecular weight is 433 g/mol. The number of carbonyl (C=O) groups is 2. The van der Waals surface area contributed by atoms with Crippen LogP contribution in [0.3, 0.4) is 0 Å². The highest BCUT2D eigenvalue weighted by Gasteiger charge is 2.33. The first-order valence-corrected chi connectivity index (χ1v) is 9.93. The van der Waals surface area contributed by atoms with Gasteiger partial charge in [0.25, 0.3) is 11.8 Å². The van der Waals surface area contributed by atoms with Crippen molar-refractivity contribution in [1.29, 1.82) is 0 Å². The summed E-state index contributed by atoms with van der Waals surface area (Å²) < 4.78 is 6.74. The van der Waals surface area contributed by atoms with Crippen LogP contribution in [0.25, 0.3) is 5.69 Å². The van der Waals surface area contributed by atoms with E-state index in [0.29, 0.717) is 21.3 Å². The lowest BCUT2D eigenvalue weighted by molar-refractivity contribution is 0.0910. The lowest BCUT2D eigenvalue weighted by Crippen LogP contribution is -2.34. The van der Waals surface area contributed by atoms with E-state index in [4.69, 9.17) is 27.6 Å². The van der Waals surface area contributed by atoms with Gasteiger partial charge in [0.2, 0.25) is 0 Å². The summed E-state index contributed by atoms with van der Waals surface area (Å²) in [6, 6.07) is 8.39. The van der Waals surface area contributed by atoms with Crippen LogP contribution in [0.4, 0.5) is 0 Å². The second-order valence-corrected chi connectivity index (χ2v) is 7.56. The second-order valence-electron chi connectivity index (χ2n) is 6.71. The number of hydrogen-bond acceptors (Lipinski definition) is 4. The van der Waals surface area contributed by atoms with Crippen LogP contribution in [0.1, 0.15) is 45.4 Å². The number of carbonyl (C=O) groups excluding carboxylic acids is 2. The molecular weight excluding hydrogens is 415 g/mol. The minimum atomic E-state index is -0.326. The van der Waals surface area contributed by atoms with E-state index in [1.165, 1.54) is 6.26 Å². The van der Waals surface area contributed by atoms with Gasteiger partial charge in [-0.3, -0.25) is 9.59 Å². The summed E-state index contributed by atoms with van der Waals surface area (Å²) in [5, 5.41) is 10.9. The van der Waals surface area contributed by atoms with Gasteiger partial charge in [0.15, 0.2) is 5.76 Å². The van der Waals surface area contributed by atoms with Gasteiger partial charge in [-0.05, 0) is 43.2 Å². The Morgan fingerprint density at radius 2 is 1.90 bits per heavy atom. The number of nitrogens with one attached hydrogen (secondary N) is 2. The van der Waals surface area contributed by atoms with Crippen molar-refractivity contribution >= 4 is 35.0 Å². The molecule has 29 heavy (non-hydrogen) atoms. The third-order valence-electron chi connectivity index (χ3n) is 4.59. The Hall–Kier alpha value is -2.77. The van der Waals surface area contributed by atoms with Crippen molar-refractivity contribution < 1.29 is 14.0 Å². The number of amides is 2. The Labute approximate surface area is 177 Å². The molecule has 0 saturated heterocycles. The maximum Gasteiger partial charge on any atom is 0.287 e. The topological polar surface area (TPSA) is 89.2 Å². The highest BCUT2D eigenvalue weighted by atomic mass is 35.5. The molecule has 0 atom stereocenters. The second kappa shape index (κ2) is 8.31. The van der Waals surface area contributed by atoms with E-state index in [9.17, 15) is 9.59 Å². The first-order chi connectivity index (χ1) is 14.0. The first kappa shape index (κ1) is 19.5.